The predicted octanol–water partition coefficient (Wildman–Crippen LogP) is 9.12. The van der Waals surface area contributed by atoms with Crippen molar-refractivity contribution in [1.82, 2.24) is 0 Å². The third kappa shape index (κ3) is 13.0. The van der Waals surface area contributed by atoms with Gasteiger partial charge in [0.05, 0.1) is 24.9 Å². The molecule has 2 saturated heterocycles. The molecule has 0 radical (unpaired) electrons. The molecule has 8 nitrogen and oxygen atoms in total. The number of allylic oxidation sites excluding steroid dienone is 2. The standard InChI is InChI=1S/C41H62O8/c1-30(2)25-26-41(3,4)36(49-39-22-14-16-28-46-39)24-23-33-32(19-11-6-7-12-20-37(42)44-5)35(48-40(43)31-17-9-8-10-18-31)29-34(33)47-38-21-13-15-27-45-38/h8-10,17-18,23-25,32-36,38-39H,6-7,11-16,19-22,26-29H2,1-5H3/b24-23+/t32-,33-,34-,35+,36-,38?,39?/m1/s1. The smallest absolute Gasteiger partial charge is 0.338 e. The number of methoxy groups -OCH3 is 1. The van der Waals surface area contributed by atoms with Crippen LogP contribution in [0, 0.1) is 17.3 Å². The molecule has 0 aromatic heterocycles. The molecular weight excluding hydrogens is 620 g/mol. The Morgan fingerprint density at radius 2 is 1.61 bits per heavy atom. The average molecular weight is 683 g/mol. The number of rotatable bonds is 18. The fraction of sp³-hybridized carbons (Fsp3) is 0.707. The van der Waals surface area contributed by atoms with Gasteiger partial charge in [-0.15, -0.1) is 0 Å². The van der Waals surface area contributed by atoms with Gasteiger partial charge in [0.2, 0.25) is 0 Å². The van der Waals surface area contributed by atoms with E-state index in [9.17, 15) is 9.59 Å². The lowest BCUT2D eigenvalue weighted by molar-refractivity contribution is -0.197. The third-order valence-electron chi connectivity index (χ3n) is 10.2. The van der Waals surface area contributed by atoms with Crippen molar-refractivity contribution in [3.05, 3.63) is 59.7 Å². The summed E-state index contributed by atoms with van der Waals surface area (Å²) in [4.78, 5) is 25.0. The Hall–Kier alpha value is -2.52. The summed E-state index contributed by atoms with van der Waals surface area (Å²) in [6.45, 7) is 10.2. The highest BCUT2D eigenvalue weighted by Gasteiger charge is 2.46. The van der Waals surface area contributed by atoms with Gasteiger partial charge in [0, 0.05) is 37.9 Å². The molecule has 2 heterocycles. The maximum Gasteiger partial charge on any atom is 0.338 e. The van der Waals surface area contributed by atoms with E-state index in [4.69, 9.17) is 28.4 Å². The number of carbonyl (C=O) groups excluding carboxylic acids is 2. The first-order chi connectivity index (χ1) is 23.7. The summed E-state index contributed by atoms with van der Waals surface area (Å²) >= 11 is 0. The van der Waals surface area contributed by atoms with Crippen molar-refractivity contribution in [2.24, 2.45) is 17.3 Å². The molecule has 3 aliphatic rings. The fourth-order valence-electron chi connectivity index (χ4n) is 7.19. The first-order valence-corrected chi connectivity index (χ1v) is 18.8. The van der Waals surface area contributed by atoms with Crippen LogP contribution in [0.15, 0.2) is 54.1 Å². The summed E-state index contributed by atoms with van der Waals surface area (Å²) in [5.74, 6) is -0.399. The van der Waals surface area contributed by atoms with Crippen molar-refractivity contribution < 1.29 is 38.0 Å². The van der Waals surface area contributed by atoms with Crippen molar-refractivity contribution in [1.29, 1.82) is 0 Å². The summed E-state index contributed by atoms with van der Waals surface area (Å²) in [6.07, 6.45) is 18.3. The second-order valence-electron chi connectivity index (χ2n) is 15.0. The highest BCUT2D eigenvalue weighted by molar-refractivity contribution is 5.89. The molecule has 1 aliphatic carbocycles. The fourth-order valence-corrected chi connectivity index (χ4v) is 7.19. The minimum atomic E-state index is -0.301. The van der Waals surface area contributed by atoms with Crippen LogP contribution >= 0.6 is 0 Å². The van der Waals surface area contributed by atoms with Crippen LogP contribution in [0.2, 0.25) is 0 Å². The van der Waals surface area contributed by atoms with Crippen LogP contribution in [0.3, 0.4) is 0 Å². The second kappa shape index (κ2) is 20.4. The summed E-state index contributed by atoms with van der Waals surface area (Å²) < 4.78 is 36.8. The van der Waals surface area contributed by atoms with Gasteiger partial charge in [0.15, 0.2) is 12.6 Å². The molecule has 0 bridgehead atoms. The van der Waals surface area contributed by atoms with Gasteiger partial charge >= 0.3 is 11.9 Å². The van der Waals surface area contributed by atoms with Gasteiger partial charge in [0.25, 0.3) is 0 Å². The van der Waals surface area contributed by atoms with E-state index in [1.165, 1.54) is 12.7 Å². The van der Waals surface area contributed by atoms with E-state index in [0.29, 0.717) is 25.0 Å². The van der Waals surface area contributed by atoms with E-state index >= 15 is 0 Å². The number of hydrogen-bond donors (Lipinski definition) is 0. The molecule has 2 aliphatic heterocycles. The summed E-state index contributed by atoms with van der Waals surface area (Å²) in [5, 5.41) is 0. The summed E-state index contributed by atoms with van der Waals surface area (Å²) in [5.41, 5.74) is 1.67. The van der Waals surface area contributed by atoms with Crippen LogP contribution < -0.4 is 0 Å². The highest BCUT2D eigenvalue weighted by Crippen LogP contribution is 2.43. The monoisotopic (exact) mass is 682 g/mol. The predicted molar refractivity (Wildman–Crippen MR) is 191 cm³/mol. The van der Waals surface area contributed by atoms with Crippen molar-refractivity contribution in [2.75, 3.05) is 20.3 Å². The topological polar surface area (TPSA) is 89.5 Å². The lowest BCUT2D eigenvalue weighted by Crippen LogP contribution is -2.36. The second-order valence-corrected chi connectivity index (χ2v) is 15.0. The lowest BCUT2D eigenvalue weighted by Gasteiger charge is -2.36. The van der Waals surface area contributed by atoms with E-state index in [-0.39, 0.29) is 60.1 Å². The van der Waals surface area contributed by atoms with Crippen LogP contribution in [0.1, 0.15) is 128 Å². The zero-order chi connectivity index (χ0) is 35.1. The number of unbranched alkanes of at least 4 members (excludes halogenated alkanes) is 3. The van der Waals surface area contributed by atoms with Gasteiger partial charge in [-0.05, 0) is 89.2 Å². The number of carbonyl (C=O) groups is 2. The minimum absolute atomic E-state index is 0.00629. The molecule has 0 amide bonds. The van der Waals surface area contributed by atoms with Crippen molar-refractivity contribution in [3.63, 3.8) is 0 Å². The summed E-state index contributed by atoms with van der Waals surface area (Å²) in [7, 11) is 1.43. The summed E-state index contributed by atoms with van der Waals surface area (Å²) in [6, 6.07) is 9.24. The number of ether oxygens (including phenoxy) is 6. The number of hydrogen-bond acceptors (Lipinski definition) is 8. The Kier molecular flexibility index (Phi) is 16.3. The molecule has 2 unspecified atom stereocenters. The first-order valence-electron chi connectivity index (χ1n) is 18.8. The molecule has 1 saturated carbocycles. The molecular formula is C41H62O8. The molecule has 0 N–H and O–H groups in total. The SMILES string of the molecule is COC(=O)CCCCCC[C@@H]1[C@@H](/C=C/[C@@H](OC2CCCCO2)C(C)(C)CC=C(C)C)[C@H](OC2CCCCO2)C[C@@H]1OC(=O)c1ccccc1. The first kappa shape index (κ1) is 39.3. The van der Waals surface area contributed by atoms with Gasteiger partial charge in [-0.3, -0.25) is 4.79 Å². The van der Waals surface area contributed by atoms with E-state index < -0.39 is 0 Å². The molecule has 3 fully saturated rings. The van der Waals surface area contributed by atoms with Crippen molar-refractivity contribution in [3.8, 4) is 0 Å². The molecule has 8 heteroatoms. The Labute approximate surface area is 295 Å². The van der Waals surface area contributed by atoms with E-state index in [2.05, 4.69) is 45.9 Å². The van der Waals surface area contributed by atoms with Gasteiger partial charge in [-0.2, -0.15) is 0 Å². The zero-order valence-electron chi connectivity index (χ0n) is 30.7. The Morgan fingerprint density at radius 1 is 0.918 bits per heavy atom. The van der Waals surface area contributed by atoms with Gasteiger partial charge in [-0.25, -0.2) is 4.79 Å². The average Bonchev–Trinajstić information content (AvgIpc) is 3.42. The van der Waals surface area contributed by atoms with E-state index in [0.717, 1.165) is 83.7 Å². The molecule has 0 spiro atoms. The van der Waals surface area contributed by atoms with Crippen LogP contribution in [0.4, 0.5) is 0 Å². The maximum absolute atomic E-state index is 13.4. The Bertz CT molecular complexity index is 1180. The van der Waals surface area contributed by atoms with Crippen molar-refractivity contribution >= 4 is 11.9 Å². The van der Waals surface area contributed by atoms with Crippen LogP contribution in [-0.4, -0.2) is 63.2 Å². The maximum atomic E-state index is 13.4. The van der Waals surface area contributed by atoms with Crippen molar-refractivity contribution in [2.45, 2.75) is 148 Å². The van der Waals surface area contributed by atoms with Crippen LogP contribution in [0.25, 0.3) is 0 Å². The number of benzene rings is 1. The zero-order valence-corrected chi connectivity index (χ0v) is 30.7. The van der Waals surface area contributed by atoms with E-state index in [1.807, 2.05) is 18.2 Å². The van der Waals surface area contributed by atoms with Crippen LogP contribution in [0.5, 0.6) is 0 Å². The largest absolute Gasteiger partial charge is 0.469 e. The molecule has 1 aromatic rings. The Morgan fingerprint density at radius 3 is 2.27 bits per heavy atom. The third-order valence-corrected chi connectivity index (χ3v) is 10.2. The molecule has 1 aromatic carbocycles. The number of esters is 2. The molecule has 7 atom stereocenters. The molecule has 274 valence electrons. The Balaban J connectivity index is 1.60. The molecule has 4 rings (SSSR count). The van der Waals surface area contributed by atoms with Gasteiger partial charge in [-0.1, -0.05) is 75.1 Å². The quantitative estimate of drug-likeness (QED) is 0.0861. The normalized spacial score (nSPS) is 26.7. The van der Waals surface area contributed by atoms with Crippen LogP contribution in [-0.2, 0) is 33.2 Å². The van der Waals surface area contributed by atoms with Gasteiger partial charge in [0.1, 0.15) is 6.10 Å². The lowest BCUT2D eigenvalue weighted by atomic mass is 9.80. The molecule has 49 heavy (non-hydrogen) atoms. The highest BCUT2D eigenvalue weighted by atomic mass is 16.7. The minimum Gasteiger partial charge on any atom is -0.469 e. The van der Waals surface area contributed by atoms with Gasteiger partial charge < -0.3 is 28.4 Å². The van der Waals surface area contributed by atoms with E-state index in [1.54, 1.807) is 12.1 Å².